The Balaban J connectivity index is 1.78. The fraction of sp³-hybridized carbons (Fsp3) is 0.583. The lowest BCUT2D eigenvalue weighted by atomic mass is 9.92. The average molecular weight is 238 g/mol. The molecule has 0 aromatic rings. The van der Waals surface area contributed by atoms with Crippen LogP contribution in [0.15, 0.2) is 28.7 Å². The molecule has 3 aliphatic heterocycles. The minimum absolute atomic E-state index is 0.471. The number of allylic oxidation sites excluding steroid dienone is 1. The van der Waals surface area contributed by atoms with Crippen molar-refractivity contribution in [2.24, 2.45) is 4.99 Å². The molecule has 1 N–H and O–H groups in total. The van der Waals surface area contributed by atoms with E-state index in [2.05, 4.69) is 27.5 Å². The third kappa shape index (κ3) is 1.59. The van der Waals surface area contributed by atoms with Gasteiger partial charge in [-0.1, -0.05) is 18.0 Å². The molecule has 0 spiro atoms. The van der Waals surface area contributed by atoms with Crippen LogP contribution >= 0.6 is 11.6 Å². The molecule has 0 saturated carbocycles. The molecule has 1 unspecified atom stereocenters. The summed E-state index contributed by atoms with van der Waals surface area (Å²) in [6.45, 7) is 3.15. The van der Waals surface area contributed by atoms with Crippen molar-refractivity contribution >= 4 is 16.8 Å². The molecule has 16 heavy (non-hydrogen) atoms. The van der Waals surface area contributed by atoms with Crippen molar-refractivity contribution in [3.05, 3.63) is 23.7 Å². The zero-order valence-electron chi connectivity index (χ0n) is 9.41. The van der Waals surface area contributed by atoms with Crippen molar-refractivity contribution in [3.8, 4) is 0 Å². The predicted octanol–water partition coefficient (Wildman–Crippen LogP) is 2.21. The summed E-state index contributed by atoms with van der Waals surface area (Å²) < 4.78 is 0. The van der Waals surface area contributed by atoms with Gasteiger partial charge in [-0.2, -0.15) is 0 Å². The molecule has 1 saturated heterocycles. The molecule has 86 valence electrons. The molecule has 3 rings (SSSR count). The second-order valence-electron chi connectivity index (χ2n) is 4.69. The van der Waals surface area contributed by atoms with Crippen LogP contribution in [-0.4, -0.2) is 28.7 Å². The quantitative estimate of drug-likeness (QED) is 0.757. The third-order valence-corrected chi connectivity index (χ3v) is 3.92. The van der Waals surface area contributed by atoms with Crippen LogP contribution in [0.1, 0.15) is 26.2 Å². The van der Waals surface area contributed by atoms with Crippen LogP contribution in [0.4, 0.5) is 0 Å². The maximum absolute atomic E-state index is 5.99. The molecule has 4 heteroatoms. The van der Waals surface area contributed by atoms with E-state index < -0.39 is 0 Å². The van der Waals surface area contributed by atoms with Gasteiger partial charge in [-0.05, 0) is 32.4 Å². The van der Waals surface area contributed by atoms with E-state index in [0.717, 1.165) is 17.9 Å². The molecule has 0 aliphatic carbocycles. The maximum atomic E-state index is 5.99. The van der Waals surface area contributed by atoms with Crippen LogP contribution in [0.25, 0.3) is 0 Å². The Kier molecular flexibility index (Phi) is 2.52. The maximum Gasteiger partial charge on any atom is 0.135 e. The number of rotatable bonds is 1. The highest BCUT2D eigenvalue weighted by Gasteiger charge is 2.36. The highest BCUT2D eigenvalue weighted by Crippen LogP contribution is 2.33. The van der Waals surface area contributed by atoms with Crippen LogP contribution in [0.3, 0.4) is 0 Å². The summed E-state index contributed by atoms with van der Waals surface area (Å²) in [6.07, 6.45) is 8.23. The number of piperidine rings is 1. The first kappa shape index (κ1) is 10.4. The van der Waals surface area contributed by atoms with Crippen molar-refractivity contribution in [2.75, 3.05) is 6.54 Å². The van der Waals surface area contributed by atoms with E-state index in [1.807, 2.05) is 6.92 Å². The Hall–Kier alpha value is -0.800. The molecule has 0 radical (unpaired) electrons. The first-order valence-electron chi connectivity index (χ1n) is 5.92. The smallest absolute Gasteiger partial charge is 0.135 e. The normalized spacial score (nSPS) is 33.4. The molecule has 0 bridgehead atoms. The summed E-state index contributed by atoms with van der Waals surface area (Å²) in [4.78, 5) is 6.59. The zero-order chi connectivity index (χ0) is 11.1. The molecule has 1 fully saturated rings. The van der Waals surface area contributed by atoms with E-state index in [1.165, 1.54) is 19.3 Å². The first-order chi connectivity index (χ1) is 7.75. The van der Waals surface area contributed by atoms with E-state index in [0.29, 0.717) is 17.3 Å². The lowest BCUT2D eigenvalue weighted by Crippen LogP contribution is -2.54. The molecule has 3 heterocycles. The van der Waals surface area contributed by atoms with Gasteiger partial charge in [0.05, 0.1) is 6.04 Å². The largest absolute Gasteiger partial charge is 0.324 e. The summed E-state index contributed by atoms with van der Waals surface area (Å²) >= 11 is 5.99. The number of halogens is 1. The molecule has 3 nitrogen and oxygen atoms in total. The number of aliphatic imine (C=N–C) groups is 1. The summed E-state index contributed by atoms with van der Waals surface area (Å²) in [6, 6.07) is 1.05. The Morgan fingerprint density at radius 1 is 1.50 bits per heavy atom. The number of hydrogen-bond donors (Lipinski definition) is 1. The second kappa shape index (κ2) is 3.90. The summed E-state index contributed by atoms with van der Waals surface area (Å²) in [5, 5.41) is 4.21. The topological polar surface area (TPSA) is 27.6 Å². The van der Waals surface area contributed by atoms with Gasteiger partial charge in [0.1, 0.15) is 11.0 Å². The van der Waals surface area contributed by atoms with Crippen molar-refractivity contribution in [2.45, 2.75) is 38.3 Å². The van der Waals surface area contributed by atoms with Crippen LogP contribution in [0, 0.1) is 0 Å². The first-order valence-corrected chi connectivity index (χ1v) is 6.30. The lowest BCUT2D eigenvalue weighted by Gasteiger charge is -2.44. The van der Waals surface area contributed by atoms with Gasteiger partial charge >= 0.3 is 0 Å². The minimum Gasteiger partial charge on any atom is -0.324 e. The number of hydrogen-bond acceptors (Lipinski definition) is 3. The van der Waals surface area contributed by atoms with E-state index >= 15 is 0 Å². The number of nitrogens with one attached hydrogen (secondary N) is 1. The van der Waals surface area contributed by atoms with Gasteiger partial charge in [-0.15, -0.1) is 0 Å². The SMILES string of the molecule is CC1=CN2C(=CC2[C@@H]2CCCCN2)N=C1Cl. The highest BCUT2D eigenvalue weighted by molar-refractivity contribution is 6.69. The highest BCUT2D eigenvalue weighted by atomic mass is 35.5. The molecule has 3 aliphatic rings. The number of nitrogens with zero attached hydrogens (tertiary/aromatic N) is 2. The van der Waals surface area contributed by atoms with Crippen LogP contribution in [-0.2, 0) is 0 Å². The average Bonchev–Trinajstić information content (AvgIpc) is 2.29. The lowest BCUT2D eigenvalue weighted by molar-refractivity contribution is 0.228. The Bertz CT molecular complexity index is 391. The minimum atomic E-state index is 0.471. The number of fused-ring (bicyclic) bond motifs is 1. The molecule has 0 aromatic carbocycles. The van der Waals surface area contributed by atoms with Crippen molar-refractivity contribution in [1.82, 2.24) is 10.2 Å². The van der Waals surface area contributed by atoms with Gasteiger partial charge < -0.3 is 10.2 Å². The summed E-state index contributed by atoms with van der Waals surface area (Å²) in [5.41, 5.74) is 1.05. The monoisotopic (exact) mass is 237 g/mol. The van der Waals surface area contributed by atoms with Crippen LogP contribution in [0.5, 0.6) is 0 Å². The van der Waals surface area contributed by atoms with E-state index in [9.17, 15) is 0 Å². The van der Waals surface area contributed by atoms with Gasteiger partial charge in [-0.3, -0.25) is 0 Å². The van der Waals surface area contributed by atoms with Crippen LogP contribution in [0.2, 0.25) is 0 Å². The Morgan fingerprint density at radius 3 is 3.12 bits per heavy atom. The van der Waals surface area contributed by atoms with Gasteiger partial charge in [0.2, 0.25) is 0 Å². The van der Waals surface area contributed by atoms with E-state index in [-0.39, 0.29) is 0 Å². The predicted molar refractivity (Wildman–Crippen MR) is 66.4 cm³/mol. The standard InChI is InChI=1S/C12H16ClN3/c1-8-7-16-10(6-11(16)15-12(8)13)9-4-2-3-5-14-9/h6-7,9-10,14H,2-5H2,1H3/t9-,10?/m0/s1. The van der Waals surface area contributed by atoms with Gasteiger partial charge in [0.25, 0.3) is 0 Å². The Labute approximate surface area is 101 Å². The zero-order valence-corrected chi connectivity index (χ0v) is 10.2. The van der Waals surface area contributed by atoms with Crippen molar-refractivity contribution in [1.29, 1.82) is 0 Å². The van der Waals surface area contributed by atoms with Gasteiger partial charge in [0.15, 0.2) is 0 Å². The fourth-order valence-electron chi connectivity index (χ4n) is 2.57. The molecular weight excluding hydrogens is 222 g/mol. The van der Waals surface area contributed by atoms with Gasteiger partial charge in [-0.25, -0.2) is 4.99 Å². The van der Waals surface area contributed by atoms with Crippen LogP contribution < -0.4 is 5.32 Å². The second-order valence-corrected chi connectivity index (χ2v) is 5.05. The van der Waals surface area contributed by atoms with Crippen molar-refractivity contribution in [3.63, 3.8) is 0 Å². The molecule has 0 aromatic heterocycles. The summed E-state index contributed by atoms with van der Waals surface area (Å²) in [7, 11) is 0. The van der Waals surface area contributed by atoms with E-state index in [1.54, 1.807) is 0 Å². The third-order valence-electron chi connectivity index (χ3n) is 3.54. The van der Waals surface area contributed by atoms with Gasteiger partial charge in [0, 0.05) is 17.8 Å². The fourth-order valence-corrected chi connectivity index (χ4v) is 2.70. The molecular formula is C12H16ClN3. The molecule has 0 amide bonds. The summed E-state index contributed by atoms with van der Waals surface area (Å²) in [5.74, 6) is 1.01. The van der Waals surface area contributed by atoms with E-state index in [4.69, 9.17) is 11.6 Å². The Morgan fingerprint density at radius 2 is 2.38 bits per heavy atom. The molecule has 2 atom stereocenters. The van der Waals surface area contributed by atoms with Crippen molar-refractivity contribution < 1.29 is 0 Å².